The van der Waals surface area contributed by atoms with Gasteiger partial charge in [-0.1, -0.05) is 33.6 Å². The van der Waals surface area contributed by atoms with Crippen LogP contribution in [0, 0.1) is 0 Å². The van der Waals surface area contributed by atoms with Gasteiger partial charge in [0.1, 0.15) is 5.78 Å². The highest BCUT2D eigenvalue weighted by molar-refractivity contribution is 9.09. The van der Waals surface area contributed by atoms with Gasteiger partial charge in [-0.2, -0.15) is 13.2 Å². The zero-order valence-corrected chi connectivity index (χ0v) is 11.7. The topological polar surface area (TPSA) is 17.1 Å². The van der Waals surface area contributed by atoms with Gasteiger partial charge in [-0.05, 0) is 36.4 Å². The maximum absolute atomic E-state index is 12.3. The van der Waals surface area contributed by atoms with Crippen molar-refractivity contribution in [3.8, 4) is 0 Å². The lowest BCUT2D eigenvalue weighted by Crippen LogP contribution is -2.06. The minimum atomic E-state index is -4.41. The summed E-state index contributed by atoms with van der Waals surface area (Å²) in [6.07, 6.45) is 0. The van der Waals surface area contributed by atoms with E-state index in [1.165, 1.54) is 25.1 Å². The van der Waals surface area contributed by atoms with Gasteiger partial charge in [0.05, 0.1) is 4.83 Å². The monoisotopic (exact) mass is 346 g/mol. The number of benzene rings is 1. The molecule has 0 radical (unpaired) electrons. The van der Waals surface area contributed by atoms with Crippen molar-refractivity contribution in [2.75, 3.05) is 0 Å². The SMILES string of the molecule is CC(=O)C(Br)c1ccc(Cl)cc1SC(F)(F)F. The Morgan fingerprint density at radius 3 is 2.53 bits per heavy atom. The van der Waals surface area contributed by atoms with E-state index in [9.17, 15) is 18.0 Å². The van der Waals surface area contributed by atoms with Crippen LogP contribution in [-0.2, 0) is 4.79 Å². The summed E-state index contributed by atoms with van der Waals surface area (Å²) in [5.74, 6) is -0.267. The Hall–Kier alpha value is -0.200. The van der Waals surface area contributed by atoms with Crippen molar-refractivity contribution in [1.82, 2.24) is 0 Å². The Morgan fingerprint density at radius 1 is 1.47 bits per heavy atom. The lowest BCUT2D eigenvalue weighted by atomic mass is 10.1. The third-order valence-electron chi connectivity index (χ3n) is 1.83. The van der Waals surface area contributed by atoms with Crippen LogP contribution < -0.4 is 0 Å². The van der Waals surface area contributed by atoms with Crippen LogP contribution in [0.15, 0.2) is 23.1 Å². The van der Waals surface area contributed by atoms with Crippen molar-refractivity contribution in [3.63, 3.8) is 0 Å². The molecule has 0 spiro atoms. The van der Waals surface area contributed by atoms with Gasteiger partial charge in [-0.25, -0.2) is 0 Å². The number of Topliss-reactive ketones (excluding diaryl/α,β-unsaturated/α-hetero) is 1. The second kappa shape index (κ2) is 5.63. The van der Waals surface area contributed by atoms with Crippen LogP contribution in [0.25, 0.3) is 0 Å². The highest BCUT2D eigenvalue weighted by Gasteiger charge is 2.31. The maximum atomic E-state index is 12.3. The molecule has 0 aliphatic carbocycles. The molecule has 0 bridgehead atoms. The smallest absolute Gasteiger partial charge is 0.298 e. The quantitative estimate of drug-likeness (QED) is 0.567. The van der Waals surface area contributed by atoms with Gasteiger partial charge < -0.3 is 0 Å². The van der Waals surface area contributed by atoms with E-state index < -0.39 is 10.3 Å². The number of thioether (sulfide) groups is 1. The van der Waals surface area contributed by atoms with E-state index in [4.69, 9.17) is 11.6 Å². The molecule has 1 aromatic rings. The first-order valence-electron chi connectivity index (χ1n) is 4.40. The molecular weight excluding hydrogens is 341 g/mol. The molecule has 0 saturated heterocycles. The van der Waals surface area contributed by atoms with Gasteiger partial charge in [0, 0.05) is 9.92 Å². The molecule has 0 fully saturated rings. The van der Waals surface area contributed by atoms with Crippen LogP contribution in [0.1, 0.15) is 17.3 Å². The van der Waals surface area contributed by atoms with Crippen molar-refractivity contribution >= 4 is 45.1 Å². The first kappa shape index (κ1) is 14.9. The Balaban J connectivity index is 3.17. The second-order valence-corrected chi connectivity index (χ2v) is 5.66. The summed E-state index contributed by atoms with van der Waals surface area (Å²) in [5, 5.41) is 0.198. The lowest BCUT2D eigenvalue weighted by Gasteiger charge is -2.14. The summed E-state index contributed by atoms with van der Waals surface area (Å²) < 4.78 is 37.0. The number of rotatable bonds is 3. The predicted octanol–water partition coefficient (Wildman–Crippen LogP) is 4.98. The number of ketones is 1. The fourth-order valence-electron chi connectivity index (χ4n) is 1.15. The zero-order chi connectivity index (χ0) is 13.2. The average molecular weight is 348 g/mol. The first-order chi connectivity index (χ1) is 7.70. The fraction of sp³-hybridized carbons (Fsp3) is 0.300. The van der Waals surface area contributed by atoms with Gasteiger partial charge in [-0.3, -0.25) is 4.79 Å². The Bertz CT molecular complexity index is 436. The number of alkyl halides is 4. The molecule has 0 saturated carbocycles. The summed E-state index contributed by atoms with van der Waals surface area (Å²) in [6.45, 7) is 1.30. The Kier molecular flexibility index (Phi) is 4.92. The summed E-state index contributed by atoms with van der Waals surface area (Å²) in [6, 6.07) is 4.07. The standard InChI is InChI=1S/C10H7BrClF3OS/c1-5(16)9(11)7-3-2-6(12)4-8(7)17-10(13,14)15/h2-4,9H,1H3. The molecule has 1 nitrogen and oxygen atoms in total. The molecule has 7 heteroatoms. The van der Waals surface area contributed by atoms with Crippen LogP contribution in [0.5, 0.6) is 0 Å². The summed E-state index contributed by atoms with van der Waals surface area (Å²) >= 11 is 8.43. The normalized spacial score (nSPS) is 13.5. The molecule has 0 aliphatic heterocycles. The Labute approximate surface area is 114 Å². The maximum Gasteiger partial charge on any atom is 0.446 e. The molecular formula is C10H7BrClF3OS. The van der Waals surface area contributed by atoms with E-state index in [1.807, 2.05) is 0 Å². The largest absolute Gasteiger partial charge is 0.446 e. The number of hydrogen-bond donors (Lipinski definition) is 0. The van der Waals surface area contributed by atoms with E-state index in [2.05, 4.69) is 15.9 Å². The molecule has 0 amide bonds. The van der Waals surface area contributed by atoms with Gasteiger partial charge in [0.15, 0.2) is 0 Å². The zero-order valence-electron chi connectivity index (χ0n) is 8.52. The average Bonchev–Trinajstić information content (AvgIpc) is 2.14. The van der Waals surface area contributed by atoms with Gasteiger partial charge in [0.25, 0.3) is 0 Å². The number of carbonyl (C=O) groups excluding carboxylic acids is 1. The van der Waals surface area contributed by atoms with Crippen molar-refractivity contribution < 1.29 is 18.0 Å². The van der Waals surface area contributed by atoms with Gasteiger partial charge in [-0.15, -0.1) is 0 Å². The minimum absolute atomic E-state index is 0.0675. The van der Waals surface area contributed by atoms with Crippen LogP contribution in [0.3, 0.4) is 0 Å². The fourth-order valence-corrected chi connectivity index (χ4v) is 2.68. The van der Waals surface area contributed by atoms with Crippen molar-refractivity contribution in [2.45, 2.75) is 22.2 Å². The highest BCUT2D eigenvalue weighted by Crippen LogP contribution is 2.42. The van der Waals surface area contributed by atoms with Crippen LogP contribution in [0.4, 0.5) is 13.2 Å². The number of halogens is 5. The number of hydrogen-bond acceptors (Lipinski definition) is 2. The third-order valence-corrected chi connectivity index (χ3v) is 4.01. The lowest BCUT2D eigenvalue weighted by molar-refractivity contribution is -0.116. The molecule has 0 aromatic heterocycles. The van der Waals surface area contributed by atoms with Crippen LogP contribution >= 0.6 is 39.3 Å². The molecule has 1 atom stereocenters. The minimum Gasteiger partial charge on any atom is -0.298 e. The summed E-state index contributed by atoms with van der Waals surface area (Å²) in [7, 11) is 0. The molecule has 0 aliphatic rings. The highest BCUT2D eigenvalue weighted by atomic mass is 79.9. The second-order valence-electron chi connectivity index (χ2n) is 3.20. The first-order valence-corrected chi connectivity index (χ1v) is 6.51. The Morgan fingerprint density at radius 2 is 2.06 bits per heavy atom. The van der Waals surface area contributed by atoms with Crippen molar-refractivity contribution in [2.24, 2.45) is 0 Å². The van der Waals surface area contributed by atoms with Crippen molar-refractivity contribution in [1.29, 1.82) is 0 Å². The van der Waals surface area contributed by atoms with Gasteiger partial charge in [0.2, 0.25) is 0 Å². The van der Waals surface area contributed by atoms with E-state index in [1.54, 1.807) is 0 Å². The third kappa shape index (κ3) is 4.52. The molecule has 17 heavy (non-hydrogen) atoms. The molecule has 1 aromatic carbocycles. The predicted molar refractivity (Wildman–Crippen MR) is 65.7 cm³/mol. The van der Waals surface area contributed by atoms with E-state index in [-0.39, 0.29) is 33.0 Å². The van der Waals surface area contributed by atoms with Crippen molar-refractivity contribution in [3.05, 3.63) is 28.8 Å². The molecule has 1 unspecified atom stereocenters. The molecule has 1 rings (SSSR count). The number of carbonyl (C=O) groups is 1. The van der Waals surface area contributed by atoms with E-state index in [0.29, 0.717) is 0 Å². The summed E-state index contributed by atoms with van der Waals surface area (Å²) in [5.41, 5.74) is -4.15. The molecule has 94 valence electrons. The van der Waals surface area contributed by atoms with Gasteiger partial charge >= 0.3 is 5.51 Å². The molecule has 0 heterocycles. The van der Waals surface area contributed by atoms with Crippen LogP contribution in [-0.4, -0.2) is 11.3 Å². The van der Waals surface area contributed by atoms with E-state index >= 15 is 0 Å². The van der Waals surface area contributed by atoms with Crippen LogP contribution in [0.2, 0.25) is 5.02 Å². The van der Waals surface area contributed by atoms with E-state index in [0.717, 1.165) is 0 Å². The summed E-state index contributed by atoms with van der Waals surface area (Å²) in [4.78, 5) is 10.3. The molecule has 0 N–H and O–H groups in total.